The van der Waals surface area contributed by atoms with Gasteiger partial charge in [0.15, 0.2) is 0 Å². The quantitative estimate of drug-likeness (QED) is 0.795. The van der Waals surface area contributed by atoms with Crippen LogP contribution in [0.5, 0.6) is 0 Å². The maximum absolute atomic E-state index is 13.0. The Morgan fingerprint density at radius 2 is 2.24 bits per heavy atom. The van der Waals surface area contributed by atoms with Gasteiger partial charge in [0.05, 0.1) is 16.9 Å². The first-order valence-corrected chi connectivity index (χ1v) is 6.61. The van der Waals surface area contributed by atoms with E-state index in [9.17, 15) is 14.0 Å². The molecule has 1 fully saturated rings. The fourth-order valence-electron chi connectivity index (χ4n) is 2.21. The monoisotopic (exact) mass is 296 g/mol. The summed E-state index contributed by atoms with van der Waals surface area (Å²) in [5.41, 5.74) is -0.650. The zero-order chi connectivity index (χ0) is 15.5. The molecule has 1 aliphatic rings. The third-order valence-corrected chi connectivity index (χ3v) is 3.38. The van der Waals surface area contributed by atoms with Crippen molar-refractivity contribution < 1.29 is 23.8 Å². The lowest BCUT2D eigenvalue weighted by atomic mass is 10.0. The van der Waals surface area contributed by atoms with E-state index in [4.69, 9.17) is 9.84 Å². The fraction of sp³-hybridized carbons (Fsp3) is 0.429. The van der Waals surface area contributed by atoms with Gasteiger partial charge < -0.3 is 20.5 Å². The number of halogens is 1. The number of hydrogen-bond donors (Lipinski definition) is 3. The lowest BCUT2D eigenvalue weighted by molar-refractivity contribution is 0.0232. The maximum Gasteiger partial charge on any atom is 0.337 e. The maximum atomic E-state index is 13.0. The average Bonchev–Trinajstić information content (AvgIpc) is 2.86. The Labute approximate surface area is 121 Å². The van der Waals surface area contributed by atoms with Crippen LogP contribution in [0.1, 0.15) is 30.1 Å². The molecule has 1 aromatic carbocycles. The predicted octanol–water partition coefficient (Wildman–Crippen LogP) is 2.21. The van der Waals surface area contributed by atoms with Gasteiger partial charge in [0.1, 0.15) is 5.82 Å². The number of hydrogen-bond acceptors (Lipinski definition) is 3. The molecule has 7 heteroatoms. The Morgan fingerprint density at radius 1 is 1.48 bits per heavy atom. The summed E-state index contributed by atoms with van der Waals surface area (Å²) >= 11 is 0. The van der Waals surface area contributed by atoms with Crippen LogP contribution in [-0.2, 0) is 4.74 Å². The number of ether oxygens (including phenoxy) is 1. The minimum absolute atomic E-state index is 0.0406. The van der Waals surface area contributed by atoms with Crippen molar-refractivity contribution in [3.05, 3.63) is 29.6 Å². The SMILES string of the molecule is CC1(CNC(=O)Nc2ccc(F)cc2C(=O)O)CCCO1. The minimum Gasteiger partial charge on any atom is -0.478 e. The van der Waals surface area contributed by atoms with Gasteiger partial charge in [-0.2, -0.15) is 0 Å². The van der Waals surface area contributed by atoms with Crippen LogP contribution >= 0.6 is 0 Å². The Hall–Kier alpha value is -2.15. The van der Waals surface area contributed by atoms with E-state index in [0.717, 1.165) is 25.0 Å². The molecule has 6 nitrogen and oxygen atoms in total. The first-order valence-electron chi connectivity index (χ1n) is 6.61. The van der Waals surface area contributed by atoms with Crippen molar-refractivity contribution in [2.24, 2.45) is 0 Å². The molecule has 1 aromatic rings. The number of anilines is 1. The summed E-state index contributed by atoms with van der Waals surface area (Å²) < 4.78 is 18.6. The van der Waals surface area contributed by atoms with Crippen molar-refractivity contribution in [3.63, 3.8) is 0 Å². The number of carbonyl (C=O) groups is 2. The summed E-state index contributed by atoms with van der Waals surface area (Å²) in [6.45, 7) is 2.89. The van der Waals surface area contributed by atoms with E-state index in [0.29, 0.717) is 13.2 Å². The second-order valence-corrected chi connectivity index (χ2v) is 5.20. The van der Waals surface area contributed by atoms with Crippen molar-refractivity contribution in [2.45, 2.75) is 25.4 Å². The average molecular weight is 296 g/mol. The number of carbonyl (C=O) groups excluding carboxylic acids is 1. The number of benzene rings is 1. The predicted molar refractivity (Wildman–Crippen MR) is 74.0 cm³/mol. The molecule has 114 valence electrons. The molecule has 0 aliphatic carbocycles. The van der Waals surface area contributed by atoms with Crippen LogP contribution in [-0.4, -0.2) is 35.9 Å². The van der Waals surface area contributed by atoms with Crippen LogP contribution in [0.15, 0.2) is 18.2 Å². The van der Waals surface area contributed by atoms with Gasteiger partial charge in [-0.15, -0.1) is 0 Å². The van der Waals surface area contributed by atoms with Gasteiger partial charge in [0.2, 0.25) is 0 Å². The molecule has 0 bridgehead atoms. The van der Waals surface area contributed by atoms with Crippen molar-refractivity contribution in [1.82, 2.24) is 5.32 Å². The summed E-state index contributed by atoms with van der Waals surface area (Å²) in [6, 6.07) is 2.61. The summed E-state index contributed by atoms with van der Waals surface area (Å²) in [6.07, 6.45) is 1.80. The van der Waals surface area contributed by atoms with E-state index in [1.807, 2.05) is 6.92 Å². The number of carboxylic acids is 1. The van der Waals surface area contributed by atoms with E-state index in [1.54, 1.807) is 0 Å². The summed E-state index contributed by atoms with van der Waals surface area (Å²) in [5.74, 6) is -1.99. The number of nitrogens with one attached hydrogen (secondary N) is 2. The summed E-state index contributed by atoms with van der Waals surface area (Å²) in [5, 5.41) is 14.0. The van der Waals surface area contributed by atoms with Gasteiger partial charge in [-0.3, -0.25) is 0 Å². The second-order valence-electron chi connectivity index (χ2n) is 5.20. The highest BCUT2D eigenvalue weighted by Crippen LogP contribution is 2.24. The number of urea groups is 1. The third-order valence-electron chi connectivity index (χ3n) is 3.38. The molecule has 0 saturated carbocycles. The molecule has 1 aliphatic heterocycles. The van der Waals surface area contributed by atoms with E-state index in [-0.39, 0.29) is 11.3 Å². The number of carboxylic acid groups (broad SMARTS) is 1. The number of amides is 2. The standard InChI is InChI=1S/C14H17FN2O4/c1-14(5-2-6-21-14)8-16-13(20)17-11-4-3-9(15)7-10(11)12(18)19/h3-4,7H,2,5-6,8H2,1H3,(H,18,19)(H2,16,17,20). The first-order chi connectivity index (χ1) is 9.89. The van der Waals surface area contributed by atoms with Gasteiger partial charge >= 0.3 is 12.0 Å². The van der Waals surface area contributed by atoms with E-state index < -0.39 is 23.4 Å². The fourth-order valence-corrected chi connectivity index (χ4v) is 2.21. The molecule has 0 spiro atoms. The molecule has 1 unspecified atom stereocenters. The van der Waals surface area contributed by atoms with Crippen LogP contribution < -0.4 is 10.6 Å². The van der Waals surface area contributed by atoms with Gasteiger partial charge in [0.25, 0.3) is 0 Å². The lowest BCUT2D eigenvalue weighted by Gasteiger charge is -2.23. The minimum atomic E-state index is -1.31. The molecule has 0 aromatic heterocycles. The van der Waals surface area contributed by atoms with Crippen molar-refractivity contribution in [1.29, 1.82) is 0 Å². The van der Waals surface area contributed by atoms with Crippen LogP contribution in [0.3, 0.4) is 0 Å². The highest BCUT2D eigenvalue weighted by molar-refractivity contribution is 5.99. The molecule has 1 heterocycles. The Bertz CT molecular complexity index is 556. The Kier molecular flexibility index (Phi) is 4.42. The van der Waals surface area contributed by atoms with Gasteiger partial charge in [0, 0.05) is 13.2 Å². The number of rotatable bonds is 4. The smallest absolute Gasteiger partial charge is 0.337 e. The molecular weight excluding hydrogens is 279 g/mol. The van der Waals surface area contributed by atoms with Crippen LogP contribution in [0.25, 0.3) is 0 Å². The normalized spacial score (nSPS) is 21.0. The second kappa shape index (κ2) is 6.09. The van der Waals surface area contributed by atoms with Crippen molar-refractivity contribution in [2.75, 3.05) is 18.5 Å². The van der Waals surface area contributed by atoms with Crippen LogP contribution in [0.4, 0.5) is 14.9 Å². The van der Waals surface area contributed by atoms with Crippen molar-refractivity contribution in [3.8, 4) is 0 Å². The summed E-state index contributed by atoms with van der Waals surface area (Å²) in [7, 11) is 0. The highest BCUT2D eigenvalue weighted by atomic mass is 19.1. The molecular formula is C14H17FN2O4. The van der Waals surface area contributed by atoms with E-state index in [1.165, 1.54) is 6.07 Å². The zero-order valence-electron chi connectivity index (χ0n) is 11.6. The number of aromatic carboxylic acids is 1. The highest BCUT2D eigenvalue weighted by Gasteiger charge is 2.30. The largest absolute Gasteiger partial charge is 0.478 e. The van der Waals surface area contributed by atoms with E-state index >= 15 is 0 Å². The molecule has 0 radical (unpaired) electrons. The van der Waals surface area contributed by atoms with Gasteiger partial charge in [-0.25, -0.2) is 14.0 Å². The van der Waals surface area contributed by atoms with Crippen LogP contribution in [0, 0.1) is 5.82 Å². The van der Waals surface area contributed by atoms with Crippen molar-refractivity contribution >= 4 is 17.7 Å². The molecule has 1 atom stereocenters. The van der Waals surface area contributed by atoms with Gasteiger partial charge in [-0.05, 0) is 38.0 Å². The van der Waals surface area contributed by atoms with Crippen LogP contribution in [0.2, 0.25) is 0 Å². The third kappa shape index (κ3) is 3.91. The molecule has 21 heavy (non-hydrogen) atoms. The topological polar surface area (TPSA) is 87.7 Å². The lowest BCUT2D eigenvalue weighted by Crippen LogP contribution is -2.42. The Morgan fingerprint density at radius 3 is 2.86 bits per heavy atom. The Balaban J connectivity index is 1.98. The molecule has 2 rings (SSSR count). The van der Waals surface area contributed by atoms with E-state index in [2.05, 4.69) is 10.6 Å². The summed E-state index contributed by atoms with van der Waals surface area (Å²) in [4.78, 5) is 22.8. The van der Waals surface area contributed by atoms with Gasteiger partial charge in [-0.1, -0.05) is 0 Å². The molecule has 3 N–H and O–H groups in total. The zero-order valence-corrected chi connectivity index (χ0v) is 11.6. The molecule has 1 saturated heterocycles. The molecule has 2 amide bonds. The first kappa shape index (κ1) is 15.2.